The number of hydrogen-bond acceptors (Lipinski definition) is 7. The van der Waals surface area contributed by atoms with Gasteiger partial charge in [0.2, 0.25) is 11.7 Å². The fourth-order valence-corrected chi connectivity index (χ4v) is 3.49. The van der Waals surface area contributed by atoms with Gasteiger partial charge < -0.3 is 14.0 Å². The zero-order chi connectivity index (χ0) is 18.6. The van der Waals surface area contributed by atoms with E-state index in [-0.39, 0.29) is 16.5 Å². The minimum Gasteiger partial charge on any atom is -0.497 e. The van der Waals surface area contributed by atoms with Crippen molar-refractivity contribution in [2.75, 3.05) is 13.7 Å². The van der Waals surface area contributed by atoms with E-state index in [9.17, 15) is 8.42 Å². The Hall–Kier alpha value is -2.87. The van der Waals surface area contributed by atoms with Crippen LogP contribution >= 0.6 is 0 Å². The minimum atomic E-state index is -3.59. The van der Waals surface area contributed by atoms with Gasteiger partial charge in [0.1, 0.15) is 17.3 Å². The fourth-order valence-electron chi connectivity index (χ4n) is 2.33. The van der Waals surface area contributed by atoms with Crippen molar-refractivity contribution in [2.24, 2.45) is 0 Å². The lowest BCUT2D eigenvalue weighted by atomic mass is 10.2. The quantitative estimate of drug-likeness (QED) is 0.627. The monoisotopic (exact) mass is 374 g/mol. The molecular formula is C18H18N2O5S. The van der Waals surface area contributed by atoms with Crippen molar-refractivity contribution in [2.45, 2.75) is 17.6 Å². The smallest absolute Gasteiger partial charge is 0.242 e. The Kier molecular flexibility index (Phi) is 5.22. The van der Waals surface area contributed by atoms with E-state index < -0.39 is 9.84 Å². The maximum Gasteiger partial charge on any atom is 0.242 e. The molecule has 0 aliphatic rings. The molecule has 0 atom stereocenters. The van der Waals surface area contributed by atoms with E-state index >= 15 is 0 Å². The van der Waals surface area contributed by atoms with Crippen molar-refractivity contribution in [3.8, 4) is 22.9 Å². The highest BCUT2D eigenvalue weighted by Crippen LogP contribution is 2.22. The fraction of sp³-hybridized carbons (Fsp3) is 0.222. The molecule has 0 saturated heterocycles. The van der Waals surface area contributed by atoms with Crippen molar-refractivity contribution in [3.63, 3.8) is 0 Å². The molecule has 2 aromatic carbocycles. The molecule has 0 amide bonds. The molecule has 0 bridgehead atoms. The molecule has 1 heterocycles. The van der Waals surface area contributed by atoms with Crippen LogP contribution in [0.2, 0.25) is 0 Å². The molecule has 0 N–H and O–H groups in total. The van der Waals surface area contributed by atoms with Crippen molar-refractivity contribution in [1.82, 2.24) is 10.1 Å². The second-order valence-electron chi connectivity index (χ2n) is 5.40. The highest BCUT2D eigenvalue weighted by molar-refractivity contribution is 7.90. The zero-order valence-corrected chi connectivity index (χ0v) is 15.2. The number of sulfone groups is 1. The maximum absolute atomic E-state index is 12.5. The first kappa shape index (κ1) is 17.9. The summed E-state index contributed by atoms with van der Waals surface area (Å²) in [6, 6.07) is 13.3. The van der Waals surface area contributed by atoms with Gasteiger partial charge in [0.15, 0.2) is 9.84 Å². The molecule has 136 valence electrons. The van der Waals surface area contributed by atoms with Gasteiger partial charge in [-0.15, -0.1) is 0 Å². The van der Waals surface area contributed by atoms with Crippen LogP contribution in [0.5, 0.6) is 11.5 Å². The lowest BCUT2D eigenvalue weighted by Crippen LogP contribution is -2.05. The third-order valence-electron chi connectivity index (χ3n) is 3.62. The van der Waals surface area contributed by atoms with Gasteiger partial charge in [0, 0.05) is 5.56 Å². The molecule has 0 spiro atoms. The van der Waals surface area contributed by atoms with Gasteiger partial charge in [0.25, 0.3) is 0 Å². The Morgan fingerprint density at radius 2 is 1.65 bits per heavy atom. The van der Waals surface area contributed by atoms with Crippen molar-refractivity contribution < 1.29 is 22.4 Å². The van der Waals surface area contributed by atoms with Crippen LogP contribution in [0, 0.1) is 0 Å². The van der Waals surface area contributed by atoms with Crippen LogP contribution in [-0.2, 0) is 15.6 Å². The summed E-state index contributed by atoms with van der Waals surface area (Å²) in [5.41, 5.74) is 0.713. The second-order valence-corrected chi connectivity index (χ2v) is 7.39. The largest absolute Gasteiger partial charge is 0.497 e. The molecule has 1 aromatic heterocycles. The summed E-state index contributed by atoms with van der Waals surface area (Å²) in [5, 5.41) is 3.86. The van der Waals surface area contributed by atoms with E-state index in [0.717, 1.165) is 5.75 Å². The van der Waals surface area contributed by atoms with E-state index in [1.54, 1.807) is 36.4 Å². The zero-order valence-electron chi connectivity index (χ0n) is 14.4. The Bertz CT molecular complexity index is 964. The first-order valence-corrected chi connectivity index (χ1v) is 9.59. The average Bonchev–Trinajstić information content (AvgIpc) is 3.10. The molecule has 3 rings (SSSR count). The normalized spacial score (nSPS) is 11.3. The van der Waals surface area contributed by atoms with Crippen LogP contribution in [0.4, 0.5) is 0 Å². The molecule has 26 heavy (non-hydrogen) atoms. The van der Waals surface area contributed by atoms with Gasteiger partial charge >= 0.3 is 0 Å². The average molecular weight is 374 g/mol. The van der Waals surface area contributed by atoms with Crippen molar-refractivity contribution in [1.29, 1.82) is 0 Å². The van der Waals surface area contributed by atoms with Gasteiger partial charge in [-0.25, -0.2) is 8.42 Å². The summed E-state index contributed by atoms with van der Waals surface area (Å²) in [7, 11) is -2.07. The topological polar surface area (TPSA) is 91.5 Å². The molecule has 7 nitrogen and oxygen atoms in total. The van der Waals surface area contributed by atoms with Gasteiger partial charge in [-0.1, -0.05) is 5.16 Å². The van der Waals surface area contributed by atoms with E-state index in [1.165, 1.54) is 19.2 Å². The summed E-state index contributed by atoms with van der Waals surface area (Å²) in [4.78, 5) is 4.34. The molecular weight excluding hydrogens is 356 g/mol. The summed E-state index contributed by atoms with van der Waals surface area (Å²) in [5.74, 6) is 1.31. The van der Waals surface area contributed by atoms with Gasteiger partial charge in [0.05, 0.1) is 18.6 Å². The minimum absolute atomic E-state index is 0.0321. The van der Waals surface area contributed by atoms with Gasteiger partial charge in [-0.05, 0) is 55.5 Å². The molecule has 0 unspecified atom stereocenters. The molecule has 3 aromatic rings. The Balaban J connectivity index is 1.76. The number of aromatic nitrogens is 2. The number of ether oxygens (including phenoxy) is 2. The molecule has 0 aliphatic heterocycles. The molecule has 0 aliphatic carbocycles. The Labute approximate surface area is 151 Å². The lowest BCUT2D eigenvalue weighted by Gasteiger charge is -2.03. The molecule has 8 heteroatoms. The van der Waals surface area contributed by atoms with Crippen LogP contribution in [-0.4, -0.2) is 32.3 Å². The Morgan fingerprint density at radius 1 is 1.00 bits per heavy atom. The highest BCUT2D eigenvalue weighted by Gasteiger charge is 2.20. The Morgan fingerprint density at radius 3 is 2.27 bits per heavy atom. The van der Waals surface area contributed by atoms with Crippen molar-refractivity contribution >= 4 is 9.84 Å². The summed E-state index contributed by atoms with van der Waals surface area (Å²) < 4.78 is 40.5. The summed E-state index contributed by atoms with van der Waals surface area (Å²) in [6.45, 7) is 2.48. The standard InChI is InChI=1S/C18H18N2O5S/c1-3-24-15-6-4-13(5-7-15)18-19-17(25-20-18)12-26(21,22)16-10-8-14(23-2)9-11-16/h4-11H,3,12H2,1-2H3. The second kappa shape index (κ2) is 7.57. The number of methoxy groups -OCH3 is 1. The summed E-state index contributed by atoms with van der Waals surface area (Å²) in [6.07, 6.45) is 0. The number of hydrogen-bond donors (Lipinski definition) is 0. The van der Waals surface area contributed by atoms with Crippen LogP contribution in [0.25, 0.3) is 11.4 Å². The molecule has 0 fully saturated rings. The predicted octanol–water partition coefficient (Wildman–Crippen LogP) is 3.12. The van der Waals surface area contributed by atoms with E-state index in [2.05, 4.69) is 10.1 Å². The third-order valence-corrected chi connectivity index (χ3v) is 5.24. The van der Waals surface area contributed by atoms with E-state index in [0.29, 0.717) is 23.7 Å². The number of nitrogens with zero attached hydrogens (tertiary/aromatic N) is 2. The van der Waals surface area contributed by atoms with Crippen LogP contribution < -0.4 is 9.47 Å². The third kappa shape index (κ3) is 4.02. The maximum atomic E-state index is 12.5. The van der Waals surface area contributed by atoms with Crippen LogP contribution in [0.15, 0.2) is 57.9 Å². The van der Waals surface area contributed by atoms with Crippen LogP contribution in [0.3, 0.4) is 0 Å². The first-order chi connectivity index (χ1) is 12.5. The summed E-state index contributed by atoms with van der Waals surface area (Å²) >= 11 is 0. The van der Waals surface area contributed by atoms with Gasteiger partial charge in [-0.2, -0.15) is 4.98 Å². The lowest BCUT2D eigenvalue weighted by molar-refractivity contribution is 0.340. The highest BCUT2D eigenvalue weighted by atomic mass is 32.2. The first-order valence-electron chi connectivity index (χ1n) is 7.94. The van der Waals surface area contributed by atoms with Crippen molar-refractivity contribution in [3.05, 3.63) is 54.4 Å². The van der Waals surface area contributed by atoms with Crippen LogP contribution in [0.1, 0.15) is 12.8 Å². The van der Waals surface area contributed by atoms with Gasteiger partial charge in [-0.3, -0.25) is 0 Å². The predicted molar refractivity (Wildman–Crippen MR) is 94.8 cm³/mol. The number of rotatable bonds is 7. The molecule has 0 radical (unpaired) electrons. The van der Waals surface area contributed by atoms with E-state index in [4.69, 9.17) is 14.0 Å². The SMILES string of the molecule is CCOc1ccc(-c2noc(CS(=O)(=O)c3ccc(OC)cc3)n2)cc1. The van der Waals surface area contributed by atoms with E-state index in [1.807, 2.05) is 6.92 Å². The molecule has 0 saturated carbocycles. The number of benzene rings is 2.